The van der Waals surface area contributed by atoms with Crippen molar-refractivity contribution < 1.29 is 27.8 Å². The number of rotatable bonds is 8. The van der Waals surface area contributed by atoms with Crippen LogP contribution in [0.5, 0.6) is 5.75 Å². The van der Waals surface area contributed by atoms with Crippen LogP contribution in [0.1, 0.15) is 61.3 Å². The Morgan fingerprint density at radius 1 is 1.10 bits per heavy atom. The van der Waals surface area contributed by atoms with Crippen LogP contribution in [-0.4, -0.2) is 17.8 Å². The van der Waals surface area contributed by atoms with Crippen molar-refractivity contribution in [2.75, 3.05) is 6.61 Å². The highest BCUT2D eigenvalue weighted by Crippen LogP contribution is 2.36. The van der Waals surface area contributed by atoms with Gasteiger partial charge in [0.05, 0.1) is 18.8 Å². The summed E-state index contributed by atoms with van der Waals surface area (Å²) in [5, 5.41) is 9.47. The van der Waals surface area contributed by atoms with Gasteiger partial charge in [0, 0.05) is 11.1 Å². The lowest BCUT2D eigenvalue weighted by atomic mass is 9.82. The summed E-state index contributed by atoms with van der Waals surface area (Å²) in [5.74, 6) is -1.95. The normalized spacial score (nSPS) is 20.0. The van der Waals surface area contributed by atoms with Crippen LogP contribution in [0, 0.1) is 17.5 Å². The molecule has 1 atom stereocenters. The lowest BCUT2D eigenvalue weighted by Gasteiger charge is -2.29. The van der Waals surface area contributed by atoms with Gasteiger partial charge in [-0.3, -0.25) is 0 Å². The molecule has 0 saturated heterocycles. The second-order valence-electron chi connectivity index (χ2n) is 7.69. The topological polar surface area (TPSA) is 38.7 Å². The molecule has 30 heavy (non-hydrogen) atoms. The summed E-state index contributed by atoms with van der Waals surface area (Å²) in [6.07, 6.45) is 3.62. The van der Waals surface area contributed by atoms with E-state index in [2.05, 4.69) is 6.58 Å². The summed E-state index contributed by atoms with van der Waals surface area (Å²) in [4.78, 5) is 0. The molecule has 0 heterocycles. The smallest absolute Gasteiger partial charge is 0.165 e. The number of hydrogen-bond acceptors (Lipinski definition) is 3. The minimum absolute atomic E-state index is 0.0257. The van der Waals surface area contributed by atoms with Gasteiger partial charge in [-0.05, 0) is 56.2 Å². The Morgan fingerprint density at radius 3 is 2.47 bits per heavy atom. The fraction of sp³-hybridized carbons (Fsp3) is 0.417. The molecule has 0 amide bonds. The Kier molecular flexibility index (Phi) is 7.56. The van der Waals surface area contributed by atoms with E-state index < -0.39 is 17.7 Å². The van der Waals surface area contributed by atoms with Crippen molar-refractivity contribution >= 4 is 0 Å². The molecule has 2 aromatic rings. The van der Waals surface area contributed by atoms with E-state index in [9.17, 15) is 18.3 Å². The molecular weight excluding hydrogens is 393 g/mol. The third kappa shape index (κ3) is 5.24. The number of halogens is 3. The average molecular weight is 420 g/mol. The van der Waals surface area contributed by atoms with Crippen molar-refractivity contribution in [3.8, 4) is 5.75 Å². The molecule has 6 heteroatoms. The molecule has 3 rings (SSSR count). The van der Waals surface area contributed by atoms with Gasteiger partial charge in [0.1, 0.15) is 6.61 Å². The van der Waals surface area contributed by atoms with E-state index in [1.807, 2.05) is 6.07 Å². The molecule has 1 saturated carbocycles. The molecule has 3 nitrogen and oxygen atoms in total. The highest BCUT2D eigenvalue weighted by atomic mass is 19.2. The number of hydrogen-bond donors (Lipinski definition) is 1. The van der Waals surface area contributed by atoms with Crippen LogP contribution >= 0.6 is 0 Å². The van der Waals surface area contributed by atoms with Gasteiger partial charge in [-0.15, -0.1) is 0 Å². The molecule has 0 bridgehead atoms. The van der Waals surface area contributed by atoms with Gasteiger partial charge in [0.15, 0.2) is 23.2 Å². The molecular formula is C24H27F3O3. The van der Waals surface area contributed by atoms with Crippen molar-refractivity contribution in [2.24, 2.45) is 0 Å². The minimum atomic E-state index is -1.07. The minimum Gasteiger partial charge on any atom is -0.486 e. The highest BCUT2D eigenvalue weighted by molar-refractivity contribution is 5.32. The van der Waals surface area contributed by atoms with Crippen LogP contribution in [-0.2, 0) is 11.3 Å². The Balaban J connectivity index is 1.53. The number of aliphatic hydroxyl groups excluding tert-OH is 1. The first-order valence-corrected chi connectivity index (χ1v) is 10.2. The van der Waals surface area contributed by atoms with Gasteiger partial charge in [0.25, 0.3) is 0 Å². The fourth-order valence-corrected chi connectivity index (χ4v) is 3.85. The Labute approximate surface area is 175 Å². The Morgan fingerprint density at radius 2 is 1.83 bits per heavy atom. The van der Waals surface area contributed by atoms with Crippen molar-refractivity contribution in [3.05, 3.63) is 77.1 Å². The van der Waals surface area contributed by atoms with E-state index in [1.54, 1.807) is 12.1 Å². The summed E-state index contributed by atoms with van der Waals surface area (Å²) in [5.41, 5.74) is 1.000. The molecule has 1 N–H and O–H groups in total. The van der Waals surface area contributed by atoms with Crippen molar-refractivity contribution in [3.63, 3.8) is 0 Å². The number of ether oxygens (including phenoxy) is 2. The third-order valence-electron chi connectivity index (χ3n) is 5.58. The molecule has 2 aromatic carbocycles. The van der Waals surface area contributed by atoms with E-state index >= 15 is 0 Å². The van der Waals surface area contributed by atoms with E-state index in [0.29, 0.717) is 0 Å². The first kappa shape index (κ1) is 22.4. The lowest BCUT2D eigenvalue weighted by Crippen LogP contribution is -2.21. The molecule has 0 spiro atoms. The summed E-state index contributed by atoms with van der Waals surface area (Å²) in [6, 6.07) is 7.88. The summed E-state index contributed by atoms with van der Waals surface area (Å²) < 4.78 is 53.5. The van der Waals surface area contributed by atoms with Crippen molar-refractivity contribution in [1.29, 1.82) is 0 Å². The van der Waals surface area contributed by atoms with Crippen LogP contribution in [0.4, 0.5) is 13.2 Å². The number of benzene rings is 2. The first-order valence-electron chi connectivity index (χ1n) is 10.2. The van der Waals surface area contributed by atoms with Crippen molar-refractivity contribution in [1.82, 2.24) is 0 Å². The first-order chi connectivity index (χ1) is 14.4. The van der Waals surface area contributed by atoms with Gasteiger partial charge in [-0.1, -0.05) is 30.9 Å². The average Bonchev–Trinajstić information content (AvgIpc) is 2.74. The lowest BCUT2D eigenvalue weighted by molar-refractivity contribution is 0.0118. The van der Waals surface area contributed by atoms with Gasteiger partial charge in [0.2, 0.25) is 0 Å². The maximum absolute atomic E-state index is 14.2. The summed E-state index contributed by atoms with van der Waals surface area (Å²) >= 11 is 0. The monoisotopic (exact) mass is 420 g/mol. The Bertz CT molecular complexity index is 874. The highest BCUT2D eigenvalue weighted by Gasteiger charge is 2.24. The van der Waals surface area contributed by atoms with E-state index in [4.69, 9.17) is 9.47 Å². The quantitative estimate of drug-likeness (QED) is 0.535. The van der Waals surface area contributed by atoms with Crippen LogP contribution in [0.2, 0.25) is 0 Å². The molecule has 1 aliphatic rings. The SMILES string of the molecule is C=CCOc1ccc(C2CCC(OCc3ccc(C(C)O)c(F)c3F)CC2)cc1F. The zero-order valence-electron chi connectivity index (χ0n) is 17.0. The van der Waals surface area contributed by atoms with Crippen LogP contribution < -0.4 is 4.74 Å². The van der Waals surface area contributed by atoms with E-state index in [1.165, 1.54) is 25.1 Å². The fourth-order valence-electron chi connectivity index (χ4n) is 3.85. The molecule has 0 aromatic heterocycles. The standard InChI is InChI=1S/C24H27F3O3/c1-3-12-29-22-11-7-17(13-21(22)25)16-4-8-19(9-5-16)30-14-18-6-10-20(15(2)28)24(27)23(18)26/h3,6-7,10-11,13,15-16,19,28H,1,4-5,8-9,12,14H2,2H3. The molecule has 162 valence electrons. The van der Waals surface area contributed by atoms with Gasteiger partial charge < -0.3 is 14.6 Å². The zero-order chi connectivity index (χ0) is 21.7. The van der Waals surface area contributed by atoms with Gasteiger partial charge in [-0.25, -0.2) is 13.2 Å². The molecule has 0 radical (unpaired) electrons. The van der Waals surface area contributed by atoms with Crippen LogP contribution in [0.15, 0.2) is 43.0 Å². The zero-order valence-corrected chi connectivity index (χ0v) is 17.0. The third-order valence-corrected chi connectivity index (χ3v) is 5.58. The molecule has 1 fully saturated rings. The largest absolute Gasteiger partial charge is 0.486 e. The maximum atomic E-state index is 14.2. The summed E-state index contributed by atoms with van der Waals surface area (Å²) in [6.45, 7) is 5.17. The van der Waals surface area contributed by atoms with Crippen LogP contribution in [0.3, 0.4) is 0 Å². The summed E-state index contributed by atoms with van der Waals surface area (Å²) in [7, 11) is 0. The van der Waals surface area contributed by atoms with Gasteiger partial charge >= 0.3 is 0 Å². The second kappa shape index (κ2) is 10.1. The molecule has 1 aliphatic carbocycles. The van der Waals surface area contributed by atoms with Gasteiger partial charge in [-0.2, -0.15) is 0 Å². The van der Waals surface area contributed by atoms with E-state index in [0.717, 1.165) is 31.2 Å². The van der Waals surface area contributed by atoms with Crippen molar-refractivity contribution in [2.45, 2.75) is 57.3 Å². The maximum Gasteiger partial charge on any atom is 0.165 e. The number of aliphatic hydroxyl groups is 1. The molecule has 0 aliphatic heterocycles. The van der Waals surface area contributed by atoms with Crippen LogP contribution in [0.25, 0.3) is 0 Å². The Hall–Kier alpha value is -2.31. The molecule has 1 unspecified atom stereocenters. The van der Waals surface area contributed by atoms with E-state index in [-0.39, 0.29) is 47.9 Å². The second-order valence-corrected chi connectivity index (χ2v) is 7.69. The predicted octanol–water partition coefficient (Wildman–Crippen LogP) is 5.97. The predicted molar refractivity (Wildman–Crippen MR) is 109 cm³/mol.